The van der Waals surface area contributed by atoms with Gasteiger partial charge in [0.25, 0.3) is 0 Å². The van der Waals surface area contributed by atoms with E-state index in [1.165, 1.54) is 7.05 Å². The van der Waals surface area contributed by atoms with Crippen LogP contribution in [0.4, 0.5) is 10.5 Å². The van der Waals surface area contributed by atoms with Crippen LogP contribution in [0.2, 0.25) is 10.0 Å². The van der Waals surface area contributed by atoms with Gasteiger partial charge < -0.3 is 10.1 Å². The Balaban J connectivity index is 2.29. The summed E-state index contributed by atoms with van der Waals surface area (Å²) in [6.45, 7) is 3.81. The van der Waals surface area contributed by atoms with E-state index >= 15 is 0 Å². The molecule has 2 rings (SSSR count). The quantitative estimate of drug-likeness (QED) is 0.784. The number of nitrogens with one attached hydrogen (secondary N) is 1. The largest absolute Gasteiger partial charge is 0.412 e. The highest BCUT2D eigenvalue weighted by atomic mass is 35.5. The first-order valence-corrected chi connectivity index (χ1v) is 7.66. The fraction of sp³-hybridized carbons (Fsp3) is 0.176. The van der Waals surface area contributed by atoms with Crippen LogP contribution in [-0.4, -0.2) is 19.4 Å². The molecule has 0 fully saturated rings. The van der Waals surface area contributed by atoms with E-state index in [0.29, 0.717) is 15.8 Å². The molecule has 0 aliphatic carbocycles. The van der Waals surface area contributed by atoms with E-state index in [9.17, 15) is 4.79 Å². The van der Waals surface area contributed by atoms with Crippen LogP contribution >= 0.6 is 23.2 Å². The van der Waals surface area contributed by atoms with Crippen molar-refractivity contribution in [1.82, 2.24) is 5.32 Å². The molecule has 2 aromatic carbocycles. The van der Waals surface area contributed by atoms with Crippen molar-refractivity contribution in [2.75, 3.05) is 7.05 Å². The van der Waals surface area contributed by atoms with Crippen LogP contribution in [0, 0.1) is 13.8 Å². The summed E-state index contributed by atoms with van der Waals surface area (Å²) in [7, 11) is 1.51. The van der Waals surface area contributed by atoms with Crippen LogP contribution in [0.5, 0.6) is 5.75 Å². The fourth-order valence-corrected chi connectivity index (χ4v) is 2.53. The van der Waals surface area contributed by atoms with E-state index in [-0.39, 0.29) is 0 Å². The normalized spacial score (nSPS) is 10.8. The zero-order chi connectivity index (χ0) is 17.0. The van der Waals surface area contributed by atoms with Gasteiger partial charge in [-0.2, -0.15) is 0 Å². The molecule has 0 atom stereocenters. The number of aryl methyl sites for hydroxylation is 2. The third kappa shape index (κ3) is 4.47. The summed E-state index contributed by atoms with van der Waals surface area (Å²) in [5.41, 5.74) is 3.37. The zero-order valence-corrected chi connectivity index (χ0v) is 14.5. The minimum Gasteiger partial charge on any atom is -0.410 e. The van der Waals surface area contributed by atoms with Gasteiger partial charge in [0, 0.05) is 23.8 Å². The number of hydrogen-bond acceptors (Lipinski definition) is 3. The Labute approximate surface area is 145 Å². The maximum atomic E-state index is 11.3. The van der Waals surface area contributed by atoms with E-state index in [4.69, 9.17) is 27.9 Å². The minimum absolute atomic E-state index is 0.475. The third-order valence-electron chi connectivity index (χ3n) is 3.17. The smallest absolute Gasteiger partial charge is 0.410 e. The van der Waals surface area contributed by atoms with Gasteiger partial charge in [0.2, 0.25) is 0 Å². The molecular weight excluding hydrogens is 335 g/mol. The van der Waals surface area contributed by atoms with Crippen LogP contribution in [-0.2, 0) is 0 Å². The molecule has 0 aliphatic heterocycles. The molecule has 120 valence electrons. The lowest BCUT2D eigenvalue weighted by Crippen LogP contribution is -2.22. The molecule has 0 aliphatic rings. The Morgan fingerprint density at radius 2 is 1.83 bits per heavy atom. The molecule has 1 N–H and O–H groups in total. The van der Waals surface area contributed by atoms with Gasteiger partial charge in [-0.3, -0.25) is 4.99 Å². The van der Waals surface area contributed by atoms with E-state index in [1.54, 1.807) is 30.5 Å². The number of nitrogens with zero attached hydrogens (tertiary/aromatic N) is 1. The predicted octanol–water partition coefficient (Wildman–Crippen LogP) is 5.08. The van der Waals surface area contributed by atoms with E-state index in [2.05, 4.69) is 10.3 Å². The summed E-state index contributed by atoms with van der Waals surface area (Å²) in [4.78, 5) is 15.8. The topological polar surface area (TPSA) is 50.7 Å². The van der Waals surface area contributed by atoms with Gasteiger partial charge in [-0.25, -0.2) is 4.79 Å². The van der Waals surface area contributed by atoms with Gasteiger partial charge in [-0.05, 0) is 49.2 Å². The molecule has 0 unspecified atom stereocenters. The number of rotatable bonds is 3. The van der Waals surface area contributed by atoms with Gasteiger partial charge in [0.15, 0.2) is 0 Å². The molecule has 0 saturated heterocycles. The Bertz CT molecular complexity index is 750. The Hall–Kier alpha value is -2.04. The standard InChI is InChI=1S/C17H16Cl2N2O2/c1-10-6-14(23-17(22)20-3)7-11(2)16(10)21-9-12-4-5-13(18)8-15(12)19/h4-9H,1-3H3,(H,20,22). The SMILES string of the molecule is CNC(=O)Oc1cc(C)c(N=Cc2ccc(Cl)cc2Cl)c(C)c1. The number of benzene rings is 2. The summed E-state index contributed by atoms with van der Waals surface area (Å²) >= 11 is 12.0. The van der Waals surface area contributed by atoms with Crippen LogP contribution in [0.25, 0.3) is 0 Å². The summed E-state index contributed by atoms with van der Waals surface area (Å²) in [6, 6.07) is 8.76. The maximum absolute atomic E-state index is 11.3. The summed E-state index contributed by atoms with van der Waals surface area (Å²) < 4.78 is 5.14. The van der Waals surface area contributed by atoms with Gasteiger partial charge in [-0.15, -0.1) is 0 Å². The highest BCUT2D eigenvalue weighted by molar-refractivity contribution is 6.36. The lowest BCUT2D eigenvalue weighted by Gasteiger charge is -2.09. The van der Waals surface area contributed by atoms with Crippen LogP contribution in [0.1, 0.15) is 16.7 Å². The number of ether oxygens (including phenoxy) is 1. The number of carbonyl (C=O) groups excluding carboxylic acids is 1. The van der Waals surface area contributed by atoms with Gasteiger partial charge in [-0.1, -0.05) is 29.3 Å². The molecule has 6 heteroatoms. The molecule has 0 heterocycles. The number of hydrogen-bond donors (Lipinski definition) is 1. The first-order valence-electron chi connectivity index (χ1n) is 6.90. The zero-order valence-electron chi connectivity index (χ0n) is 13.0. The molecule has 0 saturated carbocycles. The highest BCUT2D eigenvalue weighted by Gasteiger charge is 2.08. The molecule has 4 nitrogen and oxygen atoms in total. The Morgan fingerprint density at radius 1 is 1.17 bits per heavy atom. The average molecular weight is 351 g/mol. The lowest BCUT2D eigenvalue weighted by molar-refractivity contribution is 0.203. The molecule has 0 bridgehead atoms. The van der Waals surface area contributed by atoms with Crippen LogP contribution in [0.3, 0.4) is 0 Å². The van der Waals surface area contributed by atoms with Crippen molar-refractivity contribution < 1.29 is 9.53 Å². The van der Waals surface area contributed by atoms with Crippen molar-refractivity contribution in [2.45, 2.75) is 13.8 Å². The monoisotopic (exact) mass is 350 g/mol. The second-order valence-corrected chi connectivity index (χ2v) is 5.81. The second-order valence-electron chi connectivity index (χ2n) is 4.97. The Morgan fingerprint density at radius 3 is 2.39 bits per heavy atom. The van der Waals surface area contributed by atoms with Crippen LogP contribution < -0.4 is 10.1 Å². The van der Waals surface area contributed by atoms with Crippen molar-refractivity contribution in [3.8, 4) is 5.75 Å². The van der Waals surface area contributed by atoms with Crippen molar-refractivity contribution >= 4 is 41.2 Å². The number of carbonyl (C=O) groups is 1. The molecule has 23 heavy (non-hydrogen) atoms. The molecule has 1 amide bonds. The van der Waals surface area contributed by atoms with Crippen molar-refractivity contribution in [1.29, 1.82) is 0 Å². The molecule has 0 spiro atoms. The van der Waals surface area contributed by atoms with Crippen molar-refractivity contribution in [2.24, 2.45) is 4.99 Å². The molecular formula is C17H16Cl2N2O2. The van der Waals surface area contributed by atoms with E-state index in [0.717, 1.165) is 22.4 Å². The number of aliphatic imine (C=N–C) groups is 1. The van der Waals surface area contributed by atoms with Gasteiger partial charge in [0.1, 0.15) is 5.75 Å². The first kappa shape index (κ1) is 17.3. The van der Waals surface area contributed by atoms with Gasteiger partial charge >= 0.3 is 6.09 Å². The summed E-state index contributed by atoms with van der Waals surface area (Å²) in [6.07, 6.45) is 1.18. The highest BCUT2D eigenvalue weighted by Crippen LogP contribution is 2.29. The number of amides is 1. The maximum Gasteiger partial charge on any atom is 0.412 e. The summed E-state index contributed by atoms with van der Waals surface area (Å²) in [5.74, 6) is 0.475. The van der Waals surface area contributed by atoms with Crippen LogP contribution in [0.15, 0.2) is 35.3 Å². The molecule has 0 aromatic heterocycles. The molecule has 2 aromatic rings. The average Bonchev–Trinajstić information content (AvgIpc) is 2.48. The van der Waals surface area contributed by atoms with Crippen molar-refractivity contribution in [3.63, 3.8) is 0 Å². The predicted molar refractivity (Wildman–Crippen MR) is 94.7 cm³/mol. The third-order valence-corrected chi connectivity index (χ3v) is 3.74. The first-order chi connectivity index (χ1) is 10.9. The minimum atomic E-state index is -0.506. The molecule has 0 radical (unpaired) electrons. The van der Waals surface area contributed by atoms with E-state index in [1.807, 2.05) is 19.9 Å². The summed E-state index contributed by atoms with van der Waals surface area (Å²) in [5, 5.41) is 3.53. The second kappa shape index (κ2) is 7.49. The lowest BCUT2D eigenvalue weighted by atomic mass is 10.1. The number of halogens is 2. The van der Waals surface area contributed by atoms with Crippen molar-refractivity contribution in [3.05, 3.63) is 57.1 Å². The van der Waals surface area contributed by atoms with E-state index < -0.39 is 6.09 Å². The van der Waals surface area contributed by atoms with Gasteiger partial charge in [0.05, 0.1) is 10.7 Å². The fourth-order valence-electron chi connectivity index (χ4n) is 2.08. The Kier molecular flexibility index (Phi) is 5.64.